The largest absolute Gasteiger partial charge is 0.347 e. The highest BCUT2D eigenvalue weighted by Crippen LogP contribution is 2.18. The summed E-state index contributed by atoms with van der Waals surface area (Å²) in [5, 5.41) is 1.15. The van der Waals surface area contributed by atoms with Gasteiger partial charge in [0.1, 0.15) is 9.84 Å². The maximum absolute atomic E-state index is 11.1. The molecule has 1 aromatic heterocycles. The van der Waals surface area contributed by atoms with Gasteiger partial charge in [0, 0.05) is 31.1 Å². The number of benzene rings is 1. The second-order valence-electron chi connectivity index (χ2n) is 4.59. The molecule has 0 unspecified atom stereocenters. The third-order valence-corrected chi connectivity index (χ3v) is 4.02. The van der Waals surface area contributed by atoms with Gasteiger partial charge in [0.05, 0.1) is 5.75 Å². The predicted octanol–water partition coefficient (Wildman–Crippen LogP) is 1.53. The van der Waals surface area contributed by atoms with Gasteiger partial charge in [-0.3, -0.25) is 0 Å². The molecule has 5 heteroatoms. The second kappa shape index (κ2) is 5.12. The van der Waals surface area contributed by atoms with E-state index in [1.807, 2.05) is 24.4 Å². The molecule has 18 heavy (non-hydrogen) atoms. The van der Waals surface area contributed by atoms with Gasteiger partial charge in [0.2, 0.25) is 0 Å². The molecule has 0 aliphatic heterocycles. The van der Waals surface area contributed by atoms with E-state index in [4.69, 9.17) is 5.73 Å². The molecule has 0 fully saturated rings. The van der Waals surface area contributed by atoms with E-state index >= 15 is 0 Å². The molecule has 2 N–H and O–H groups in total. The van der Waals surface area contributed by atoms with Gasteiger partial charge in [0.15, 0.2) is 0 Å². The van der Waals surface area contributed by atoms with E-state index in [1.165, 1.54) is 6.26 Å². The van der Waals surface area contributed by atoms with Crippen LogP contribution in [0.4, 0.5) is 0 Å². The molecule has 0 aliphatic carbocycles. The number of aryl methyl sites for hydroxylation is 1. The molecule has 4 nitrogen and oxygen atoms in total. The normalized spacial score (nSPS) is 12.1. The van der Waals surface area contributed by atoms with E-state index in [9.17, 15) is 8.42 Å². The van der Waals surface area contributed by atoms with E-state index in [2.05, 4.69) is 10.6 Å². The molecular formula is C13H18N2O2S. The summed E-state index contributed by atoms with van der Waals surface area (Å²) in [6.07, 6.45) is 3.91. The van der Waals surface area contributed by atoms with Crippen LogP contribution in [-0.2, 0) is 22.9 Å². The Morgan fingerprint density at radius 1 is 1.28 bits per heavy atom. The lowest BCUT2D eigenvalue weighted by Gasteiger charge is -2.05. The maximum atomic E-state index is 11.1. The number of fused-ring (bicyclic) bond motifs is 1. The topological polar surface area (TPSA) is 65.1 Å². The van der Waals surface area contributed by atoms with E-state index in [1.54, 1.807) is 0 Å². The Morgan fingerprint density at radius 2 is 2.06 bits per heavy atom. The Morgan fingerprint density at radius 3 is 2.72 bits per heavy atom. The summed E-state index contributed by atoms with van der Waals surface area (Å²) in [7, 11) is -2.87. The Bertz CT molecular complexity index is 644. The van der Waals surface area contributed by atoms with Crippen molar-refractivity contribution >= 4 is 20.7 Å². The summed E-state index contributed by atoms with van der Waals surface area (Å²) in [5.41, 5.74) is 7.84. The first-order valence-corrected chi connectivity index (χ1v) is 8.01. The van der Waals surface area contributed by atoms with E-state index in [0.717, 1.165) is 23.0 Å². The fraction of sp³-hybridized carbons (Fsp3) is 0.385. The molecule has 0 aliphatic rings. The van der Waals surface area contributed by atoms with Crippen molar-refractivity contribution in [3.63, 3.8) is 0 Å². The number of nitrogens with zero attached hydrogens (tertiary/aromatic N) is 1. The number of rotatable bonds is 5. The molecule has 0 saturated heterocycles. The van der Waals surface area contributed by atoms with Crippen molar-refractivity contribution in [2.45, 2.75) is 19.5 Å². The Kier molecular flexibility index (Phi) is 3.73. The average molecular weight is 266 g/mol. The molecule has 98 valence electrons. The highest BCUT2D eigenvalue weighted by molar-refractivity contribution is 7.90. The van der Waals surface area contributed by atoms with Crippen LogP contribution in [0.5, 0.6) is 0 Å². The number of sulfone groups is 1. The summed E-state index contributed by atoms with van der Waals surface area (Å²) in [6, 6.07) is 8.16. The quantitative estimate of drug-likeness (QED) is 0.892. The zero-order valence-corrected chi connectivity index (χ0v) is 11.3. The van der Waals surface area contributed by atoms with Gasteiger partial charge < -0.3 is 10.3 Å². The first kappa shape index (κ1) is 13.1. The van der Waals surface area contributed by atoms with Crippen molar-refractivity contribution in [3.05, 3.63) is 36.0 Å². The zero-order valence-electron chi connectivity index (χ0n) is 10.5. The molecule has 0 spiro atoms. The monoisotopic (exact) mass is 266 g/mol. The van der Waals surface area contributed by atoms with Crippen LogP contribution in [-0.4, -0.2) is 25.0 Å². The van der Waals surface area contributed by atoms with Crippen molar-refractivity contribution in [3.8, 4) is 0 Å². The Hall–Kier alpha value is -1.33. The highest BCUT2D eigenvalue weighted by atomic mass is 32.2. The minimum absolute atomic E-state index is 0.230. The van der Waals surface area contributed by atoms with Crippen molar-refractivity contribution < 1.29 is 8.42 Å². The number of nitrogens with two attached hydrogens (primary N) is 1. The van der Waals surface area contributed by atoms with Crippen LogP contribution in [0.2, 0.25) is 0 Å². The average Bonchev–Trinajstić information content (AvgIpc) is 2.70. The van der Waals surface area contributed by atoms with Crippen molar-refractivity contribution in [1.29, 1.82) is 0 Å². The lowest BCUT2D eigenvalue weighted by Crippen LogP contribution is -2.06. The van der Waals surface area contributed by atoms with Gasteiger partial charge in [-0.1, -0.05) is 6.07 Å². The summed E-state index contributed by atoms with van der Waals surface area (Å²) in [4.78, 5) is 0. The molecule has 0 atom stereocenters. The molecule has 0 amide bonds. The molecule has 2 rings (SSSR count). The summed E-state index contributed by atoms with van der Waals surface area (Å²) >= 11 is 0. The van der Waals surface area contributed by atoms with Crippen LogP contribution in [0.1, 0.15) is 12.0 Å². The van der Waals surface area contributed by atoms with Crippen LogP contribution in [0, 0.1) is 0 Å². The maximum Gasteiger partial charge on any atom is 0.147 e. The Labute approximate surface area is 107 Å². The first-order valence-electron chi connectivity index (χ1n) is 5.95. The van der Waals surface area contributed by atoms with Gasteiger partial charge in [-0.25, -0.2) is 8.42 Å². The van der Waals surface area contributed by atoms with E-state index in [0.29, 0.717) is 13.0 Å². The smallest absolute Gasteiger partial charge is 0.147 e. The third-order valence-electron chi connectivity index (χ3n) is 2.99. The van der Waals surface area contributed by atoms with Gasteiger partial charge in [0.25, 0.3) is 0 Å². The highest BCUT2D eigenvalue weighted by Gasteiger charge is 2.04. The molecule has 0 radical (unpaired) electrons. The van der Waals surface area contributed by atoms with E-state index < -0.39 is 9.84 Å². The minimum Gasteiger partial charge on any atom is -0.347 e. The van der Waals surface area contributed by atoms with Crippen molar-refractivity contribution in [2.75, 3.05) is 12.0 Å². The first-order chi connectivity index (χ1) is 8.49. The third kappa shape index (κ3) is 3.11. The minimum atomic E-state index is -2.87. The predicted molar refractivity (Wildman–Crippen MR) is 74.2 cm³/mol. The Balaban J connectivity index is 2.15. The van der Waals surface area contributed by atoms with Crippen LogP contribution >= 0.6 is 0 Å². The second-order valence-corrected chi connectivity index (χ2v) is 6.85. The lowest BCUT2D eigenvalue weighted by molar-refractivity contribution is 0.593. The number of hydrogen-bond acceptors (Lipinski definition) is 3. The molecule has 0 saturated carbocycles. The van der Waals surface area contributed by atoms with Gasteiger partial charge in [-0.15, -0.1) is 0 Å². The van der Waals surface area contributed by atoms with Gasteiger partial charge in [-0.2, -0.15) is 0 Å². The molecule has 1 aromatic carbocycles. The van der Waals surface area contributed by atoms with Crippen LogP contribution in [0.25, 0.3) is 10.9 Å². The van der Waals surface area contributed by atoms with Crippen LogP contribution in [0.3, 0.4) is 0 Å². The van der Waals surface area contributed by atoms with Crippen molar-refractivity contribution in [2.24, 2.45) is 5.73 Å². The molecule has 1 heterocycles. The molecule has 0 bridgehead atoms. The summed E-state index contributed by atoms with van der Waals surface area (Å²) < 4.78 is 24.3. The standard InChI is InChI=1S/C13H18N2O2S/c1-18(16,17)8-2-6-15-7-5-12-9-11(10-14)3-4-13(12)15/h3-5,7,9H,2,6,8,10,14H2,1H3. The van der Waals surface area contributed by atoms with Crippen molar-refractivity contribution in [1.82, 2.24) is 4.57 Å². The van der Waals surface area contributed by atoms with Crippen LogP contribution < -0.4 is 5.73 Å². The molecule has 2 aromatic rings. The number of hydrogen-bond donors (Lipinski definition) is 1. The number of aromatic nitrogens is 1. The van der Waals surface area contributed by atoms with Gasteiger partial charge in [-0.05, 0) is 35.6 Å². The SMILES string of the molecule is CS(=O)(=O)CCCn1ccc2cc(CN)ccc21. The summed E-state index contributed by atoms with van der Waals surface area (Å²) in [5.74, 6) is 0.230. The summed E-state index contributed by atoms with van der Waals surface area (Å²) in [6.45, 7) is 1.26. The fourth-order valence-corrected chi connectivity index (χ4v) is 2.72. The van der Waals surface area contributed by atoms with Gasteiger partial charge >= 0.3 is 0 Å². The van der Waals surface area contributed by atoms with E-state index in [-0.39, 0.29) is 5.75 Å². The zero-order chi connectivity index (χ0) is 13.2. The lowest BCUT2D eigenvalue weighted by atomic mass is 10.1. The fourth-order valence-electron chi connectivity index (χ4n) is 2.07. The molecular weight excluding hydrogens is 248 g/mol. The van der Waals surface area contributed by atoms with Crippen LogP contribution in [0.15, 0.2) is 30.5 Å².